The van der Waals surface area contributed by atoms with E-state index in [1.807, 2.05) is 96.7 Å². The Balaban J connectivity index is 1.07. The second kappa shape index (κ2) is 16.4. The van der Waals surface area contributed by atoms with Gasteiger partial charge in [0, 0.05) is 57.8 Å². The molecule has 0 aliphatic carbocycles. The van der Waals surface area contributed by atoms with E-state index in [9.17, 15) is 18.0 Å². The van der Waals surface area contributed by atoms with Gasteiger partial charge in [0.2, 0.25) is 11.8 Å². The molecule has 2 aliphatic heterocycles. The van der Waals surface area contributed by atoms with Crippen molar-refractivity contribution in [3.05, 3.63) is 102 Å². The van der Waals surface area contributed by atoms with Crippen molar-refractivity contribution in [1.82, 2.24) is 24.6 Å². The zero-order chi connectivity index (χ0) is 39.5. The number of amides is 1. The number of nitrogens with zero attached hydrogens (tertiary/aromatic N) is 6. The van der Waals surface area contributed by atoms with Crippen LogP contribution in [0, 0.1) is 5.92 Å². The number of fused-ring (bicyclic) bond motifs is 1. The number of piperazine rings is 1. The summed E-state index contributed by atoms with van der Waals surface area (Å²) in [4.78, 5) is 22.4. The number of anilines is 1. The number of halogens is 3. The number of benzene rings is 3. The number of alkyl halides is 3. The van der Waals surface area contributed by atoms with Gasteiger partial charge in [0.1, 0.15) is 30.6 Å². The number of aryl methyl sites for hydroxylation is 1. The lowest BCUT2D eigenvalue weighted by molar-refractivity contribution is -0.197. The fourth-order valence-electron chi connectivity index (χ4n) is 7.55. The van der Waals surface area contributed by atoms with Crippen LogP contribution in [-0.2, 0) is 25.0 Å². The highest BCUT2D eigenvalue weighted by Crippen LogP contribution is 2.39. The lowest BCUT2D eigenvalue weighted by Crippen LogP contribution is -2.61. The molecule has 1 amide bonds. The summed E-state index contributed by atoms with van der Waals surface area (Å²) in [5.74, 6) is 0.939. The highest BCUT2D eigenvalue weighted by Gasteiger charge is 2.48. The molecule has 0 N–H and O–H groups in total. The Bertz CT molecular complexity index is 2100. The topological polar surface area (TPSA) is 85.2 Å². The Morgan fingerprint density at radius 1 is 0.804 bits per heavy atom. The number of carbonyl (C=O) groups excluding carboxylic acids is 1. The smallest absolute Gasteiger partial charge is 0.410 e. The van der Waals surface area contributed by atoms with Crippen LogP contribution in [0.15, 0.2) is 91.0 Å². The predicted molar refractivity (Wildman–Crippen MR) is 210 cm³/mol. The third-order valence-electron chi connectivity index (χ3n) is 10.3. The van der Waals surface area contributed by atoms with Gasteiger partial charge in [-0.1, -0.05) is 72.8 Å². The van der Waals surface area contributed by atoms with Crippen molar-refractivity contribution in [1.29, 1.82) is 0 Å². The molecule has 2 aromatic heterocycles. The fourth-order valence-corrected chi connectivity index (χ4v) is 7.55. The fraction of sp³-hybridized carbons (Fsp3) is 0.419. The Labute approximate surface area is 325 Å². The van der Waals surface area contributed by atoms with E-state index in [0.29, 0.717) is 44.6 Å². The van der Waals surface area contributed by atoms with E-state index in [-0.39, 0.29) is 19.0 Å². The van der Waals surface area contributed by atoms with Crippen molar-refractivity contribution in [2.75, 3.05) is 44.2 Å². The van der Waals surface area contributed by atoms with Gasteiger partial charge in [0.15, 0.2) is 0 Å². The summed E-state index contributed by atoms with van der Waals surface area (Å²) in [6.07, 6.45) is -3.69. The SMILES string of the molecule is Cn1nc(-c2ccc(OCc3ccccc3)nc2OCc2ccccc2)c2cccc(N3CCC(CN4CCN(C(=O)OC(C)(C)C)C[C@H]4C(F)(F)F)CC3)c21. The van der Waals surface area contributed by atoms with Crippen molar-refractivity contribution in [2.45, 2.75) is 64.6 Å². The van der Waals surface area contributed by atoms with E-state index in [4.69, 9.17) is 24.3 Å². The second-order valence-corrected chi connectivity index (χ2v) is 15.6. The zero-order valence-electron chi connectivity index (χ0n) is 32.3. The summed E-state index contributed by atoms with van der Waals surface area (Å²) < 4.78 is 62.7. The molecule has 10 nitrogen and oxygen atoms in total. The van der Waals surface area contributed by atoms with Crippen molar-refractivity contribution in [3.63, 3.8) is 0 Å². The Hall–Kier alpha value is -5.30. The molecule has 2 fully saturated rings. The van der Waals surface area contributed by atoms with Crippen LogP contribution in [-0.4, -0.2) is 87.7 Å². The van der Waals surface area contributed by atoms with Crippen LogP contribution < -0.4 is 14.4 Å². The molecule has 2 aliphatic rings. The Morgan fingerprint density at radius 2 is 1.46 bits per heavy atom. The number of ether oxygens (including phenoxy) is 3. The molecular formula is C43H49F3N6O4. The molecule has 0 unspecified atom stereocenters. The monoisotopic (exact) mass is 770 g/mol. The van der Waals surface area contributed by atoms with Crippen molar-refractivity contribution < 1.29 is 32.2 Å². The zero-order valence-corrected chi connectivity index (χ0v) is 32.3. The molecule has 56 heavy (non-hydrogen) atoms. The number of hydrogen-bond acceptors (Lipinski definition) is 8. The van der Waals surface area contributed by atoms with Crippen molar-refractivity contribution >= 4 is 22.7 Å². The molecule has 3 aromatic carbocycles. The summed E-state index contributed by atoms with van der Waals surface area (Å²) in [5, 5.41) is 5.93. The van der Waals surface area contributed by atoms with E-state index in [2.05, 4.69) is 11.0 Å². The first-order valence-electron chi connectivity index (χ1n) is 19.2. The molecule has 0 bridgehead atoms. The summed E-state index contributed by atoms with van der Waals surface area (Å²) in [6, 6.07) is 28.0. The van der Waals surface area contributed by atoms with E-state index in [1.165, 1.54) is 9.80 Å². The van der Waals surface area contributed by atoms with Crippen LogP contribution in [0.25, 0.3) is 22.2 Å². The summed E-state index contributed by atoms with van der Waals surface area (Å²) >= 11 is 0. The van der Waals surface area contributed by atoms with E-state index < -0.39 is 30.5 Å². The normalized spacial score (nSPS) is 17.3. The molecule has 7 rings (SSSR count). The lowest BCUT2D eigenvalue weighted by Gasteiger charge is -2.44. The second-order valence-electron chi connectivity index (χ2n) is 15.6. The van der Waals surface area contributed by atoms with Crippen LogP contribution in [0.2, 0.25) is 0 Å². The third kappa shape index (κ3) is 9.21. The summed E-state index contributed by atoms with van der Waals surface area (Å²) in [7, 11) is 1.92. The first-order valence-corrected chi connectivity index (χ1v) is 19.2. The third-order valence-corrected chi connectivity index (χ3v) is 10.3. The maximum atomic E-state index is 14.3. The molecule has 0 saturated carbocycles. The molecular weight excluding hydrogens is 722 g/mol. The maximum Gasteiger partial charge on any atom is 0.410 e. The number of rotatable bonds is 10. The summed E-state index contributed by atoms with van der Waals surface area (Å²) in [5.41, 5.74) is 4.69. The minimum absolute atomic E-state index is 0.0866. The minimum Gasteiger partial charge on any atom is -0.473 e. The summed E-state index contributed by atoms with van der Waals surface area (Å²) in [6.45, 7) is 7.44. The van der Waals surface area contributed by atoms with Gasteiger partial charge in [-0.15, -0.1) is 0 Å². The van der Waals surface area contributed by atoms with Gasteiger partial charge in [0.05, 0.1) is 16.8 Å². The standard InChI is InChI=1S/C43H49F3N6O4/c1-42(2,3)56-41(53)52-25-24-51(36(27-52)43(44,45)46)26-30-20-22-50(23-21-30)35-17-11-16-33-38(48-49(4)39(33)35)34-18-19-37(54-28-31-12-7-5-8-13-31)47-40(34)55-29-32-14-9-6-10-15-32/h5-19,30,36H,20-29H2,1-4H3/t36-/m0/s1. The van der Waals surface area contributed by atoms with Crippen LogP contribution in [0.1, 0.15) is 44.7 Å². The van der Waals surface area contributed by atoms with Crippen LogP contribution >= 0.6 is 0 Å². The van der Waals surface area contributed by atoms with Gasteiger partial charge in [-0.25, -0.2) is 4.79 Å². The van der Waals surface area contributed by atoms with Crippen molar-refractivity contribution in [3.8, 4) is 23.0 Å². The molecule has 0 radical (unpaired) electrons. The average molecular weight is 771 g/mol. The molecule has 2 saturated heterocycles. The number of para-hydroxylation sites is 1. The highest BCUT2D eigenvalue weighted by molar-refractivity contribution is 6.01. The Morgan fingerprint density at radius 3 is 2.11 bits per heavy atom. The van der Waals surface area contributed by atoms with Gasteiger partial charge in [-0.2, -0.15) is 23.3 Å². The molecule has 1 atom stereocenters. The quantitative estimate of drug-likeness (QED) is 0.140. The highest BCUT2D eigenvalue weighted by atomic mass is 19.4. The minimum atomic E-state index is -4.47. The van der Waals surface area contributed by atoms with E-state index in [0.717, 1.165) is 51.8 Å². The predicted octanol–water partition coefficient (Wildman–Crippen LogP) is 8.49. The molecule has 13 heteroatoms. The van der Waals surface area contributed by atoms with E-state index in [1.54, 1.807) is 20.8 Å². The van der Waals surface area contributed by atoms with Crippen LogP contribution in [0.5, 0.6) is 11.8 Å². The van der Waals surface area contributed by atoms with Gasteiger partial charge in [0.25, 0.3) is 0 Å². The van der Waals surface area contributed by atoms with Crippen molar-refractivity contribution in [2.24, 2.45) is 13.0 Å². The first kappa shape index (κ1) is 39.0. The Kier molecular flexibility index (Phi) is 11.4. The molecule has 5 aromatic rings. The van der Waals surface area contributed by atoms with Gasteiger partial charge >= 0.3 is 12.3 Å². The molecule has 296 valence electrons. The average Bonchev–Trinajstić information content (AvgIpc) is 3.52. The number of pyridine rings is 1. The van der Waals surface area contributed by atoms with Gasteiger partial charge in [-0.05, 0) is 62.8 Å². The van der Waals surface area contributed by atoms with Gasteiger partial charge in [-0.3, -0.25) is 9.58 Å². The maximum absolute atomic E-state index is 14.3. The molecule has 0 spiro atoms. The van der Waals surface area contributed by atoms with Gasteiger partial charge < -0.3 is 24.0 Å². The lowest BCUT2D eigenvalue weighted by atomic mass is 9.94. The first-order chi connectivity index (χ1) is 26.8. The number of hydrogen-bond donors (Lipinski definition) is 0. The van der Waals surface area contributed by atoms with Crippen LogP contribution in [0.3, 0.4) is 0 Å². The largest absolute Gasteiger partial charge is 0.473 e. The number of piperidine rings is 1. The number of carbonyl (C=O) groups is 1. The molecule has 4 heterocycles. The van der Waals surface area contributed by atoms with Crippen LogP contribution in [0.4, 0.5) is 23.7 Å². The number of aromatic nitrogens is 3. The van der Waals surface area contributed by atoms with E-state index >= 15 is 0 Å².